The van der Waals surface area contributed by atoms with E-state index in [0.717, 1.165) is 30.6 Å². The van der Waals surface area contributed by atoms with Gasteiger partial charge in [-0.1, -0.05) is 24.0 Å². The van der Waals surface area contributed by atoms with Gasteiger partial charge in [0.25, 0.3) is 0 Å². The molecule has 2 N–H and O–H groups in total. The molecule has 1 aliphatic rings. The Hall–Kier alpha value is -1.83. The minimum Gasteiger partial charge on any atom is -0.395 e. The molecule has 2 rings (SSSR count). The maximum absolute atomic E-state index is 11.8. The number of hydrogen-bond acceptors (Lipinski definition) is 3. The third-order valence-corrected chi connectivity index (χ3v) is 3.32. The van der Waals surface area contributed by atoms with Crippen LogP contribution in [0.4, 0.5) is 0 Å². The Morgan fingerprint density at radius 3 is 3.14 bits per heavy atom. The highest BCUT2D eigenvalue weighted by atomic mass is 16.5. The molecule has 1 amide bonds. The molecule has 1 aliphatic heterocycles. The Morgan fingerprint density at radius 2 is 2.38 bits per heavy atom. The number of nitrogens with one attached hydrogen (secondary N) is 1. The second-order valence-corrected chi connectivity index (χ2v) is 5.09. The Morgan fingerprint density at radius 1 is 1.48 bits per heavy atom. The zero-order valence-electron chi connectivity index (χ0n) is 12.1. The van der Waals surface area contributed by atoms with Crippen molar-refractivity contribution in [3.05, 3.63) is 35.4 Å². The van der Waals surface area contributed by atoms with Crippen molar-refractivity contribution in [1.29, 1.82) is 0 Å². The predicted molar refractivity (Wildman–Crippen MR) is 80.5 cm³/mol. The van der Waals surface area contributed by atoms with Crippen LogP contribution in [0.3, 0.4) is 0 Å². The zero-order valence-corrected chi connectivity index (χ0v) is 12.1. The van der Waals surface area contributed by atoms with E-state index in [2.05, 4.69) is 17.2 Å². The number of carbonyl (C=O) groups excluding carboxylic acids is 1. The van der Waals surface area contributed by atoms with Crippen LogP contribution in [0.1, 0.15) is 36.8 Å². The molecule has 4 heteroatoms. The largest absolute Gasteiger partial charge is 0.395 e. The number of hydrogen-bond donors (Lipinski definition) is 2. The summed E-state index contributed by atoms with van der Waals surface area (Å²) >= 11 is 0. The number of rotatable bonds is 5. The quantitative estimate of drug-likeness (QED) is 0.809. The lowest BCUT2D eigenvalue weighted by molar-refractivity contribution is -0.123. The van der Waals surface area contributed by atoms with Crippen LogP contribution in [0.25, 0.3) is 0 Å². The van der Waals surface area contributed by atoms with E-state index in [4.69, 9.17) is 9.84 Å². The fraction of sp³-hybridized carbons (Fsp3) is 0.471. The van der Waals surface area contributed by atoms with Gasteiger partial charge in [-0.3, -0.25) is 4.79 Å². The van der Waals surface area contributed by atoms with E-state index < -0.39 is 0 Å². The van der Waals surface area contributed by atoms with Crippen molar-refractivity contribution in [2.45, 2.75) is 38.3 Å². The SMILES string of the molecule is O=C(CC1CCCO1)NCc1cccc(C#CCCO)c1. The highest BCUT2D eigenvalue weighted by molar-refractivity contribution is 5.76. The second kappa shape index (κ2) is 8.46. The Labute approximate surface area is 125 Å². The molecular formula is C17H21NO3. The summed E-state index contributed by atoms with van der Waals surface area (Å²) in [4.78, 5) is 11.8. The molecule has 1 unspecified atom stereocenters. The second-order valence-electron chi connectivity index (χ2n) is 5.09. The van der Waals surface area contributed by atoms with Crippen molar-refractivity contribution in [3.63, 3.8) is 0 Å². The van der Waals surface area contributed by atoms with Crippen LogP contribution in [0.15, 0.2) is 24.3 Å². The molecule has 1 aromatic rings. The van der Waals surface area contributed by atoms with Gasteiger partial charge in [-0.05, 0) is 30.5 Å². The van der Waals surface area contributed by atoms with E-state index in [9.17, 15) is 4.79 Å². The summed E-state index contributed by atoms with van der Waals surface area (Å²) in [6, 6.07) is 7.76. The van der Waals surface area contributed by atoms with Gasteiger partial charge in [0.1, 0.15) is 0 Å². The first-order chi connectivity index (χ1) is 10.3. The van der Waals surface area contributed by atoms with Gasteiger partial charge in [-0.25, -0.2) is 0 Å². The maximum Gasteiger partial charge on any atom is 0.222 e. The van der Waals surface area contributed by atoms with Crippen LogP contribution in [0.2, 0.25) is 0 Å². The summed E-state index contributed by atoms with van der Waals surface area (Å²) in [5, 5.41) is 11.6. The van der Waals surface area contributed by atoms with Crippen LogP contribution in [-0.2, 0) is 16.1 Å². The average molecular weight is 287 g/mol. The molecule has 0 aromatic heterocycles. The third-order valence-electron chi connectivity index (χ3n) is 3.32. The Balaban J connectivity index is 1.81. The molecule has 1 fully saturated rings. The molecule has 4 nitrogen and oxygen atoms in total. The van der Waals surface area contributed by atoms with Gasteiger partial charge >= 0.3 is 0 Å². The van der Waals surface area contributed by atoms with Crippen molar-refractivity contribution in [2.75, 3.05) is 13.2 Å². The molecule has 1 aromatic carbocycles. The number of ether oxygens (including phenoxy) is 1. The van der Waals surface area contributed by atoms with Crippen LogP contribution in [0, 0.1) is 11.8 Å². The first-order valence-corrected chi connectivity index (χ1v) is 7.35. The number of benzene rings is 1. The first kappa shape index (κ1) is 15.6. The van der Waals surface area contributed by atoms with E-state index in [0.29, 0.717) is 19.4 Å². The Bertz CT molecular complexity index is 524. The van der Waals surface area contributed by atoms with E-state index in [-0.39, 0.29) is 18.6 Å². The number of carbonyl (C=O) groups is 1. The monoisotopic (exact) mass is 287 g/mol. The lowest BCUT2D eigenvalue weighted by Gasteiger charge is -2.10. The van der Waals surface area contributed by atoms with Crippen LogP contribution in [0.5, 0.6) is 0 Å². The average Bonchev–Trinajstić information content (AvgIpc) is 2.99. The highest BCUT2D eigenvalue weighted by Crippen LogP contribution is 2.15. The summed E-state index contributed by atoms with van der Waals surface area (Å²) < 4.78 is 5.45. The standard InChI is InChI=1S/C17H21NO3/c19-9-2-1-5-14-6-3-7-15(11-14)13-18-17(20)12-16-8-4-10-21-16/h3,6-7,11,16,19H,2,4,8-10,12-13H2,(H,18,20). The van der Waals surface area contributed by atoms with Crippen molar-refractivity contribution >= 4 is 5.91 Å². The molecule has 0 radical (unpaired) electrons. The number of amides is 1. The van der Waals surface area contributed by atoms with Gasteiger partial charge in [0.15, 0.2) is 0 Å². The maximum atomic E-state index is 11.8. The van der Waals surface area contributed by atoms with Crippen LogP contribution in [-0.4, -0.2) is 30.3 Å². The van der Waals surface area contributed by atoms with Crippen molar-refractivity contribution in [3.8, 4) is 11.8 Å². The lowest BCUT2D eigenvalue weighted by Crippen LogP contribution is -2.26. The molecule has 21 heavy (non-hydrogen) atoms. The van der Waals surface area contributed by atoms with Gasteiger partial charge in [0.2, 0.25) is 5.91 Å². The molecule has 112 valence electrons. The molecule has 0 aliphatic carbocycles. The van der Waals surface area contributed by atoms with Gasteiger partial charge in [-0.2, -0.15) is 0 Å². The van der Waals surface area contributed by atoms with Crippen LogP contribution >= 0.6 is 0 Å². The van der Waals surface area contributed by atoms with E-state index in [1.54, 1.807) is 0 Å². The minimum absolute atomic E-state index is 0.0265. The van der Waals surface area contributed by atoms with Crippen molar-refractivity contribution in [1.82, 2.24) is 5.32 Å². The minimum atomic E-state index is 0.0265. The van der Waals surface area contributed by atoms with Crippen molar-refractivity contribution in [2.24, 2.45) is 0 Å². The first-order valence-electron chi connectivity index (χ1n) is 7.35. The topological polar surface area (TPSA) is 58.6 Å². The predicted octanol–water partition coefficient (Wildman–Crippen LogP) is 1.61. The fourth-order valence-corrected chi connectivity index (χ4v) is 2.26. The molecular weight excluding hydrogens is 266 g/mol. The molecule has 1 heterocycles. The van der Waals surface area contributed by atoms with Gasteiger partial charge in [0.05, 0.1) is 19.1 Å². The molecule has 1 atom stereocenters. The van der Waals surface area contributed by atoms with Gasteiger partial charge in [-0.15, -0.1) is 0 Å². The van der Waals surface area contributed by atoms with E-state index in [1.165, 1.54) is 0 Å². The van der Waals surface area contributed by atoms with E-state index >= 15 is 0 Å². The molecule has 0 saturated carbocycles. The molecule has 1 saturated heterocycles. The molecule has 0 spiro atoms. The summed E-state index contributed by atoms with van der Waals surface area (Å²) in [5.74, 6) is 5.90. The Kier molecular flexibility index (Phi) is 6.26. The summed E-state index contributed by atoms with van der Waals surface area (Å²) in [7, 11) is 0. The third kappa shape index (κ3) is 5.58. The number of aliphatic hydroxyl groups is 1. The van der Waals surface area contributed by atoms with Gasteiger partial charge in [0, 0.05) is 25.1 Å². The van der Waals surface area contributed by atoms with Gasteiger partial charge < -0.3 is 15.2 Å². The fourth-order valence-electron chi connectivity index (χ4n) is 2.26. The molecule has 0 bridgehead atoms. The normalized spacial score (nSPS) is 17.1. The summed E-state index contributed by atoms with van der Waals surface area (Å²) in [5.41, 5.74) is 1.92. The zero-order chi connectivity index (χ0) is 14.9. The summed E-state index contributed by atoms with van der Waals surface area (Å²) in [6.07, 6.45) is 3.02. The summed E-state index contributed by atoms with van der Waals surface area (Å²) in [6.45, 7) is 1.35. The van der Waals surface area contributed by atoms with Crippen LogP contribution < -0.4 is 5.32 Å². The highest BCUT2D eigenvalue weighted by Gasteiger charge is 2.18. The van der Waals surface area contributed by atoms with Crippen molar-refractivity contribution < 1.29 is 14.6 Å². The van der Waals surface area contributed by atoms with E-state index in [1.807, 2.05) is 24.3 Å². The lowest BCUT2D eigenvalue weighted by atomic mass is 10.1. The number of aliphatic hydroxyl groups excluding tert-OH is 1. The smallest absolute Gasteiger partial charge is 0.222 e.